The highest BCUT2D eigenvalue weighted by molar-refractivity contribution is 6.00. The van der Waals surface area contributed by atoms with Gasteiger partial charge in [0.1, 0.15) is 11.3 Å². The molecule has 0 aliphatic heterocycles. The first-order valence-electron chi connectivity index (χ1n) is 8.91. The van der Waals surface area contributed by atoms with Crippen LogP contribution in [0.4, 0.5) is 5.82 Å². The lowest BCUT2D eigenvalue weighted by Gasteiger charge is -2.12. The Morgan fingerprint density at radius 3 is 2.55 bits per heavy atom. The molecule has 0 saturated heterocycles. The third kappa shape index (κ3) is 3.86. The van der Waals surface area contributed by atoms with Crippen LogP contribution in [-0.4, -0.2) is 28.3 Å². The number of rotatable bonds is 5. The largest absolute Gasteiger partial charge is 0.449 e. The Morgan fingerprint density at radius 1 is 1.03 bits per heavy atom. The lowest BCUT2D eigenvalue weighted by atomic mass is 10.1. The number of ether oxygens (including phenoxy) is 1. The number of esters is 1. The molecule has 4 rings (SSSR count). The predicted octanol–water partition coefficient (Wildman–Crippen LogP) is 3.98. The molecule has 0 radical (unpaired) electrons. The molecule has 8 nitrogen and oxygen atoms in total. The van der Waals surface area contributed by atoms with Crippen LogP contribution in [0.15, 0.2) is 63.6 Å². The first-order valence-corrected chi connectivity index (χ1v) is 8.91. The first-order chi connectivity index (χ1) is 14.0. The van der Waals surface area contributed by atoms with Gasteiger partial charge in [0.05, 0.1) is 10.9 Å². The molecule has 0 saturated carbocycles. The van der Waals surface area contributed by atoms with E-state index in [1.807, 2.05) is 30.3 Å². The van der Waals surface area contributed by atoms with E-state index in [0.29, 0.717) is 22.4 Å². The number of carbonyl (C=O) groups is 2. The third-order valence-corrected chi connectivity index (χ3v) is 4.28. The summed E-state index contributed by atoms with van der Waals surface area (Å²) in [4.78, 5) is 24.7. The van der Waals surface area contributed by atoms with Crippen molar-refractivity contribution in [3.8, 4) is 11.3 Å². The van der Waals surface area contributed by atoms with Gasteiger partial charge >= 0.3 is 5.97 Å². The van der Waals surface area contributed by atoms with E-state index < -0.39 is 18.0 Å². The summed E-state index contributed by atoms with van der Waals surface area (Å²) in [7, 11) is 0. The quantitative estimate of drug-likeness (QED) is 0.513. The van der Waals surface area contributed by atoms with E-state index in [4.69, 9.17) is 13.8 Å². The highest BCUT2D eigenvalue weighted by atomic mass is 16.5. The van der Waals surface area contributed by atoms with Crippen molar-refractivity contribution >= 4 is 28.6 Å². The number of nitrogens with zero attached hydrogens (tertiary/aromatic N) is 2. The van der Waals surface area contributed by atoms with Gasteiger partial charge in [0.15, 0.2) is 17.7 Å². The molecular formula is C21H17N3O5. The van der Waals surface area contributed by atoms with Crippen LogP contribution >= 0.6 is 0 Å². The molecule has 1 amide bonds. The number of anilines is 1. The van der Waals surface area contributed by atoms with Crippen LogP contribution < -0.4 is 5.32 Å². The Balaban J connectivity index is 1.51. The first kappa shape index (κ1) is 18.4. The van der Waals surface area contributed by atoms with Gasteiger partial charge in [-0.05, 0) is 32.0 Å². The normalized spacial score (nSPS) is 11.9. The molecule has 2 heterocycles. The zero-order valence-electron chi connectivity index (χ0n) is 15.7. The fourth-order valence-corrected chi connectivity index (χ4v) is 2.80. The van der Waals surface area contributed by atoms with E-state index in [-0.39, 0.29) is 11.4 Å². The molecule has 2 aromatic heterocycles. The van der Waals surface area contributed by atoms with E-state index in [1.165, 1.54) is 6.92 Å². The monoisotopic (exact) mass is 391 g/mol. The van der Waals surface area contributed by atoms with E-state index in [0.717, 1.165) is 5.56 Å². The molecule has 1 atom stereocenters. The Labute approximate surface area is 165 Å². The van der Waals surface area contributed by atoms with Gasteiger partial charge in [-0.25, -0.2) is 4.79 Å². The summed E-state index contributed by atoms with van der Waals surface area (Å²) in [6.07, 6.45) is -1.02. The molecule has 0 fully saturated rings. The summed E-state index contributed by atoms with van der Waals surface area (Å²) in [5.41, 5.74) is 1.75. The number of carbonyl (C=O) groups excluding carboxylic acids is 2. The zero-order chi connectivity index (χ0) is 20.4. The standard InChI is InChI=1S/C21H17N3O5/c1-12-10-18(24-28-12)22-20(25)13(2)27-21(26)15-8-9-17-16(11-15)19(29-23-17)14-6-4-3-5-7-14/h3-11,13H,1-2H3,(H,22,24,25). The molecule has 0 spiro atoms. The summed E-state index contributed by atoms with van der Waals surface area (Å²) < 4.78 is 15.6. The van der Waals surface area contributed by atoms with Crippen LogP contribution in [0.25, 0.3) is 22.2 Å². The number of hydrogen-bond acceptors (Lipinski definition) is 7. The predicted molar refractivity (Wildman–Crippen MR) is 104 cm³/mol. The van der Waals surface area contributed by atoms with E-state index in [2.05, 4.69) is 15.6 Å². The summed E-state index contributed by atoms with van der Waals surface area (Å²) >= 11 is 0. The summed E-state index contributed by atoms with van der Waals surface area (Å²) in [5.74, 6) is 0.228. The minimum absolute atomic E-state index is 0.258. The van der Waals surface area contributed by atoms with Gasteiger partial charge in [-0.15, -0.1) is 0 Å². The number of nitrogens with one attached hydrogen (secondary N) is 1. The fraction of sp³-hybridized carbons (Fsp3) is 0.143. The zero-order valence-corrected chi connectivity index (χ0v) is 15.7. The molecule has 29 heavy (non-hydrogen) atoms. The van der Waals surface area contributed by atoms with Gasteiger partial charge in [-0.3, -0.25) is 4.79 Å². The molecule has 8 heteroatoms. The van der Waals surface area contributed by atoms with E-state index in [1.54, 1.807) is 31.2 Å². The van der Waals surface area contributed by atoms with Gasteiger partial charge < -0.3 is 19.1 Å². The molecule has 146 valence electrons. The van der Waals surface area contributed by atoms with Gasteiger partial charge in [-0.2, -0.15) is 0 Å². The van der Waals surface area contributed by atoms with Crippen molar-refractivity contribution in [2.24, 2.45) is 0 Å². The molecule has 1 N–H and O–H groups in total. The maximum atomic E-state index is 12.5. The minimum atomic E-state index is -1.02. The van der Waals surface area contributed by atoms with Crippen LogP contribution in [0.2, 0.25) is 0 Å². The number of aryl methyl sites for hydroxylation is 1. The molecular weight excluding hydrogens is 374 g/mol. The van der Waals surface area contributed by atoms with Crippen LogP contribution in [-0.2, 0) is 9.53 Å². The van der Waals surface area contributed by atoms with E-state index >= 15 is 0 Å². The molecule has 4 aromatic rings. The maximum Gasteiger partial charge on any atom is 0.338 e. The van der Waals surface area contributed by atoms with Gasteiger partial charge in [0, 0.05) is 11.6 Å². The van der Waals surface area contributed by atoms with Crippen molar-refractivity contribution in [3.63, 3.8) is 0 Å². The average molecular weight is 391 g/mol. The minimum Gasteiger partial charge on any atom is -0.449 e. The lowest BCUT2D eigenvalue weighted by Crippen LogP contribution is -2.30. The van der Waals surface area contributed by atoms with Gasteiger partial charge in [0.2, 0.25) is 0 Å². The molecule has 2 aromatic carbocycles. The van der Waals surface area contributed by atoms with Crippen LogP contribution in [0, 0.1) is 6.92 Å². The molecule has 1 unspecified atom stereocenters. The summed E-state index contributed by atoms with van der Waals surface area (Å²) in [6, 6.07) is 15.9. The third-order valence-electron chi connectivity index (χ3n) is 4.28. The fourth-order valence-electron chi connectivity index (χ4n) is 2.80. The number of aromatic nitrogens is 2. The second-order valence-corrected chi connectivity index (χ2v) is 6.47. The molecule has 0 aliphatic rings. The number of benzene rings is 2. The highest BCUT2D eigenvalue weighted by Gasteiger charge is 2.21. The van der Waals surface area contributed by atoms with Crippen molar-refractivity contribution in [3.05, 3.63) is 65.9 Å². The van der Waals surface area contributed by atoms with Crippen molar-refractivity contribution in [1.82, 2.24) is 10.3 Å². The van der Waals surface area contributed by atoms with Gasteiger partial charge in [0.25, 0.3) is 5.91 Å². The number of amides is 1. The van der Waals surface area contributed by atoms with E-state index in [9.17, 15) is 9.59 Å². The Morgan fingerprint density at radius 2 is 1.83 bits per heavy atom. The average Bonchev–Trinajstić information content (AvgIpc) is 3.33. The van der Waals surface area contributed by atoms with Crippen molar-refractivity contribution in [2.45, 2.75) is 20.0 Å². The SMILES string of the molecule is Cc1cc(NC(=O)C(C)OC(=O)c2ccc3noc(-c4ccccc4)c3c2)no1. The number of fused-ring (bicyclic) bond motifs is 1. The smallest absolute Gasteiger partial charge is 0.338 e. The second kappa shape index (κ2) is 7.59. The summed E-state index contributed by atoms with van der Waals surface area (Å²) in [6.45, 7) is 3.18. The molecule has 0 aliphatic carbocycles. The Hall–Kier alpha value is -3.94. The van der Waals surface area contributed by atoms with Crippen molar-refractivity contribution < 1.29 is 23.4 Å². The van der Waals surface area contributed by atoms with Crippen LogP contribution in [0.3, 0.4) is 0 Å². The summed E-state index contributed by atoms with van der Waals surface area (Å²) in [5, 5.41) is 10.9. The lowest BCUT2D eigenvalue weighted by molar-refractivity contribution is -0.123. The highest BCUT2D eigenvalue weighted by Crippen LogP contribution is 2.29. The van der Waals surface area contributed by atoms with Crippen LogP contribution in [0.1, 0.15) is 23.0 Å². The Bertz CT molecular complexity index is 1180. The van der Waals surface area contributed by atoms with Gasteiger partial charge in [-0.1, -0.05) is 40.6 Å². The number of hydrogen-bond donors (Lipinski definition) is 1. The molecule has 0 bridgehead atoms. The van der Waals surface area contributed by atoms with Crippen molar-refractivity contribution in [1.29, 1.82) is 0 Å². The second-order valence-electron chi connectivity index (χ2n) is 6.47. The topological polar surface area (TPSA) is 107 Å². The Kier molecular flexibility index (Phi) is 4.82. The maximum absolute atomic E-state index is 12.5. The van der Waals surface area contributed by atoms with Crippen LogP contribution in [0.5, 0.6) is 0 Å². The van der Waals surface area contributed by atoms with Crippen molar-refractivity contribution in [2.75, 3.05) is 5.32 Å².